The van der Waals surface area contributed by atoms with Gasteiger partial charge in [-0.15, -0.1) is 5.10 Å². The Morgan fingerprint density at radius 3 is 2.92 bits per heavy atom. The molecule has 1 heterocycles. The third-order valence-electron chi connectivity index (χ3n) is 3.41. The predicted octanol–water partition coefficient (Wildman–Crippen LogP) is 2.45. The topological polar surface area (TPSA) is 71.8 Å². The maximum atomic E-state index is 13.6. The van der Waals surface area contributed by atoms with Gasteiger partial charge in [0.1, 0.15) is 11.3 Å². The van der Waals surface area contributed by atoms with Gasteiger partial charge in [-0.2, -0.15) is 0 Å². The van der Waals surface area contributed by atoms with E-state index in [1.165, 1.54) is 12.1 Å². The van der Waals surface area contributed by atoms with Crippen LogP contribution in [0.1, 0.15) is 0 Å². The van der Waals surface area contributed by atoms with Crippen molar-refractivity contribution in [3.63, 3.8) is 0 Å². The van der Waals surface area contributed by atoms with E-state index >= 15 is 0 Å². The molecule has 0 saturated carbocycles. The number of carbonyl (C=O) groups excluding carboxylic acids is 1. The van der Waals surface area contributed by atoms with Gasteiger partial charge < -0.3 is 10.6 Å². The van der Waals surface area contributed by atoms with Crippen LogP contribution in [0.15, 0.2) is 42.5 Å². The molecular weight excluding hydrogens is 333 g/mol. The lowest BCUT2D eigenvalue weighted by atomic mass is 10.3. The molecule has 1 aromatic heterocycles. The normalized spacial score (nSPS) is 10.9. The Morgan fingerprint density at radius 2 is 2.08 bits per heavy atom. The number of nitrogens with zero attached hydrogens (tertiary/aromatic N) is 3. The summed E-state index contributed by atoms with van der Waals surface area (Å²) in [7, 11) is 0. The fraction of sp³-hybridized carbons (Fsp3) is 0.188. The molecule has 0 aliphatic heterocycles. The van der Waals surface area contributed by atoms with Crippen LogP contribution in [0.5, 0.6) is 0 Å². The first kappa shape index (κ1) is 16.4. The molecule has 6 nitrogen and oxygen atoms in total. The van der Waals surface area contributed by atoms with Crippen molar-refractivity contribution in [1.82, 2.24) is 20.3 Å². The Morgan fingerprint density at radius 1 is 1.25 bits per heavy atom. The van der Waals surface area contributed by atoms with Crippen molar-refractivity contribution in [3.05, 3.63) is 53.3 Å². The van der Waals surface area contributed by atoms with E-state index in [-0.39, 0.29) is 23.2 Å². The molecule has 8 heteroatoms. The monoisotopic (exact) mass is 347 g/mol. The van der Waals surface area contributed by atoms with Crippen LogP contribution in [0.3, 0.4) is 0 Å². The van der Waals surface area contributed by atoms with E-state index in [0.29, 0.717) is 13.1 Å². The molecule has 0 aliphatic carbocycles. The van der Waals surface area contributed by atoms with Gasteiger partial charge in [-0.3, -0.25) is 4.79 Å². The fourth-order valence-electron chi connectivity index (χ4n) is 2.25. The molecule has 3 aromatic rings. The molecule has 0 unspecified atom stereocenters. The van der Waals surface area contributed by atoms with E-state index in [9.17, 15) is 9.18 Å². The van der Waals surface area contributed by atoms with E-state index in [0.717, 1.165) is 17.1 Å². The van der Waals surface area contributed by atoms with Crippen LogP contribution in [0.4, 0.5) is 10.1 Å². The van der Waals surface area contributed by atoms with Crippen LogP contribution >= 0.6 is 11.6 Å². The Hall–Kier alpha value is -2.51. The zero-order valence-corrected chi connectivity index (χ0v) is 13.4. The van der Waals surface area contributed by atoms with Crippen LogP contribution < -0.4 is 10.6 Å². The van der Waals surface area contributed by atoms with Crippen LogP contribution in [-0.4, -0.2) is 34.0 Å². The van der Waals surface area contributed by atoms with Gasteiger partial charge in [0.15, 0.2) is 0 Å². The second kappa shape index (κ2) is 7.37. The maximum Gasteiger partial charge on any atom is 0.238 e. The summed E-state index contributed by atoms with van der Waals surface area (Å²) in [5, 5.41) is 13.9. The fourth-order valence-corrected chi connectivity index (χ4v) is 2.41. The third kappa shape index (κ3) is 3.87. The number of benzene rings is 2. The average molecular weight is 348 g/mol. The SMILES string of the molecule is O=C(CNCCn1nnc2ccccc21)Nc1ccc(Cl)cc1F. The van der Waals surface area contributed by atoms with Crippen LogP contribution in [0.2, 0.25) is 5.02 Å². The molecule has 124 valence electrons. The van der Waals surface area contributed by atoms with Gasteiger partial charge in [0.05, 0.1) is 24.3 Å². The Labute approximate surface area is 142 Å². The summed E-state index contributed by atoms with van der Waals surface area (Å²) in [6.07, 6.45) is 0. The van der Waals surface area contributed by atoms with E-state index in [4.69, 9.17) is 11.6 Å². The number of hydrogen-bond acceptors (Lipinski definition) is 4. The van der Waals surface area contributed by atoms with Crippen molar-refractivity contribution in [3.8, 4) is 0 Å². The Bertz CT molecular complexity index is 867. The number of nitrogens with one attached hydrogen (secondary N) is 2. The zero-order chi connectivity index (χ0) is 16.9. The average Bonchev–Trinajstić information content (AvgIpc) is 2.98. The van der Waals surface area contributed by atoms with Crippen LogP contribution in [0, 0.1) is 5.82 Å². The molecule has 2 aromatic carbocycles. The van der Waals surface area contributed by atoms with E-state index in [2.05, 4.69) is 20.9 Å². The summed E-state index contributed by atoms with van der Waals surface area (Å²) in [4.78, 5) is 11.8. The van der Waals surface area contributed by atoms with Crippen molar-refractivity contribution in [2.45, 2.75) is 6.54 Å². The third-order valence-corrected chi connectivity index (χ3v) is 3.65. The van der Waals surface area contributed by atoms with Crippen molar-refractivity contribution in [1.29, 1.82) is 0 Å². The smallest absolute Gasteiger partial charge is 0.238 e. The van der Waals surface area contributed by atoms with Gasteiger partial charge in [-0.1, -0.05) is 28.9 Å². The second-order valence-corrected chi connectivity index (χ2v) is 5.59. The van der Waals surface area contributed by atoms with Crippen molar-refractivity contribution >= 4 is 34.2 Å². The zero-order valence-electron chi connectivity index (χ0n) is 12.7. The lowest BCUT2D eigenvalue weighted by Crippen LogP contribution is -2.30. The van der Waals surface area contributed by atoms with Crippen LogP contribution in [-0.2, 0) is 11.3 Å². The minimum Gasteiger partial charge on any atom is -0.322 e. The lowest BCUT2D eigenvalue weighted by Gasteiger charge is -2.08. The highest BCUT2D eigenvalue weighted by Gasteiger charge is 2.07. The minimum absolute atomic E-state index is 0.0642. The van der Waals surface area contributed by atoms with Gasteiger partial charge in [0, 0.05) is 11.6 Å². The second-order valence-electron chi connectivity index (χ2n) is 5.15. The molecule has 3 rings (SSSR count). The number of anilines is 1. The number of para-hydroxylation sites is 1. The summed E-state index contributed by atoms with van der Waals surface area (Å²) < 4.78 is 15.4. The van der Waals surface area contributed by atoms with Crippen LogP contribution in [0.25, 0.3) is 11.0 Å². The van der Waals surface area contributed by atoms with Gasteiger partial charge in [-0.05, 0) is 30.3 Å². The molecule has 0 saturated heterocycles. The minimum atomic E-state index is -0.565. The maximum absolute atomic E-state index is 13.6. The molecule has 0 spiro atoms. The summed E-state index contributed by atoms with van der Waals surface area (Å²) in [6.45, 7) is 1.17. The first-order valence-electron chi connectivity index (χ1n) is 7.37. The number of hydrogen-bond donors (Lipinski definition) is 2. The summed E-state index contributed by atoms with van der Waals surface area (Å²) in [6, 6.07) is 11.7. The molecule has 2 N–H and O–H groups in total. The van der Waals surface area contributed by atoms with Gasteiger partial charge in [0.2, 0.25) is 5.91 Å². The highest BCUT2D eigenvalue weighted by molar-refractivity contribution is 6.30. The largest absolute Gasteiger partial charge is 0.322 e. The number of amides is 1. The lowest BCUT2D eigenvalue weighted by molar-refractivity contribution is -0.115. The summed E-state index contributed by atoms with van der Waals surface area (Å²) in [5.74, 6) is -0.899. The standard InChI is InChI=1S/C16H15ClFN5O/c17-11-5-6-13(12(18)9-11)20-16(24)10-19-7-8-23-15-4-2-1-3-14(15)21-22-23/h1-6,9,19H,7-8,10H2,(H,20,24). The molecule has 0 atom stereocenters. The summed E-state index contributed by atoms with van der Waals surface area (Å²) >= 11 is 5.67. The number of fused-ring (bicyclic) bond motifs is 1. The first-order valence-corrected chi connectivity index (χ1v) is 7.75. The molecule has 0 bridgehead atoms. The van der Waals surface area contributed by atoms with Gasteiger partial charge >= 0.3 is 0 Å². The number of aromatic nitrogens is 3. The van der Waals surface area contributed by atoms with Crippen molar-refractivity contribution < 1.29 is 9.18 Å². The molecular formula is C16H15ClFN5O. The van der Waals surface area contributed by atoms with E-state index in [1.54, 1.807) is 4.68 Å². The number of carbonyl (C=O) groups is 1. The summed E-state index contributed by atoms with van der Waals surface area (Å²) in [5.41, 5.74) is 1.87. The molecule has 1 amide bonds. The van der Waals surface area contributed by atoms with Crippen molar-refractivity contribution in [2.75, 3.05) is 18.4 Å². The predicted molar refractivity (Wildman–Crippen MR) is 90.4 cm³/mol. The van der Waals surface area contributed by atoms with E-state index < -0.39 is 5.82 Å². The molecule has 0 aliphatic rings. The highest BCUT2D eigenvalue weighted by Crippen LogP contribution is 2.18. The van der Waals surface area contributed by atoms with Crippen molar-refractivity contribution in [2.24, 2.45) is 0 Å². The molecule has 24 heavy (non-hydrogen) atoms. The Kier molecular flexibility index (Phi) is 5.02. The first-order chi connectivity index (χ1) is 11.6. The van der Waals surface area contributed by atoms with Gasteiger partial charge in [0.25, 0.3) is 0 Å². The quantitative estimate of drug-likeness (QED) is 0.672. The number of rotatable bonds is 6. The Balaban J connectivity index is 1.47. The molecule has 0 fully saturated rings. The van der Waals surface area contributed by atoms with Gasteiger partial charge in [-0.25, -0.2) is 9.07 Å². The molecule has 0 radical (unpaired) electrons. The number of halogens is 2. The van der Waals surface area contributed by atoms with E-state index in [1.807, 2.05) is 24.3 Å². The highest BCUT2D eigenvalue weighted by atomic mass is 35.5.